The minimum Gasteiger partial charge on any atom is -0.369 e. The molecule has 0 radical (unpaired) electrons. The summed E-state index contributed by atoms with van der Waals surface area (Å²) in [5.74, 6) is 1.70. The Balaban J connectivity index is 2.01. The normalized spacial score (nSPS) is 17.9. The fraction of sp³-hybridized carbons (Fsp3) is 0.467. The number of nitrogens with one attached hydrogen (secondary N) is 1. The van der Waals surface area contributed by atoms with Crippen molar-refractivity contribution in [2.45, 2.75) is 32.7 Å². The number of hydrogen-bond donors (Lipinski definition) is 1. The van der Waals surface area contributed by atoms with E-state index in [2.05, 4.69) is 56.9 Å². The fourth-order valence-electron chi connectivity index (χ4n) is 2.71. The molecule has 1 N–H and O–H groups in total. The molecule has 5 heteroatoms. The highest BCUT2D eigenvalue weighted by atomic mass is 79.9. The Kier molecular flexibility index (Phi) is 3.78. The molecule has 20 heavy (non-hydrogen) atoms. The van der Waals surface area contributed by atoms with Crippen molar-refractivity contribution >= 4 is 21.7 Å². The highest BCUT2D eigenvalue weighted by Crippen LogP contribution is 2.36. The molecule has 3 heterocycles. The summed E-state index contributed by atoms with van der Waals surface area (Å²) < 4.78 is 3.24. The van der Waals surface area contributed by atoms with Gasteiger partial charge in [0, 0.05) is 18.9 Å². The number of aromatic nitrogens is 3. The standard InChI is InChI=1S/C15H19BrN4/c1-10(2)9-12-14(16)15-18-8-5-13(20(15)19-12)11-3-6-17-7-4-11/h3-4,6-7,10,13,18H,5,8-9H2,1-2H3. The zero-order valence-electron chi connectivity index (χ0n) is 11.8. The molecule has 0 bridgehead atoms. The van der Waals surface area contributed by atoms with E-state index in [1.54, 1.807) is 0 Å². The first-order chi connectivity index (χ1) is 9.66. The minimum atomic E-state index is 0.298. The number of pyridine rings is 1. The van der Waals surface area contributed by atoms with Crippen molar-refractivity contribution in [3.63, 3.8) is 0 Å². The van der Waals surface area contributed by atoms with Gasteiger partial charge < -0.3 is 5.32 Å². The van der Waals surface area contributed by atoms with Crippen LogP contribution in [-0.2, 0) is 6.42 Å². The van der Waals surface area contributed by atoms with Gasteiger partial charge in [-0.15, -0.1) is 0 Å². The summed E-state index contributed by atoms with van der Waals surface area (Å²) in [6.07, 6.45) is 5.74. The maximum Gasteiger partial charge on any atom is 0.139 e. The van der Waals surface area contributed by atoms with Gasteiger partial charge in [-0.2, -0.15) is 5.10 Å². The molecular weight excluding hydrogens is 316 g/mol. The van der Waals surface area contributed by atoms with E-state index in [0.29, 0.717) is 12.0 Å². The third-order valence-electron chi connectivity index (χ3n) is 3.62. The van der Waals surface area contributed by atoms with Crippen LogP contribution >= 0.6 is 15.9 Å². The van der Waals surface area contributed by atoms with Gasteiger partial charge in [-0.1, -0.05) is 13.8 Å². The Labute approximate surface area is 127 Å². The number of fused-ring (bicyclic) bond motifs is 1. The summed E-state index contributed by atoms with van der Waals surface area (Å²) in [7, 11) is 0. The molecule has 3 rings (SSSR count). The predicted molar refractivity (Wildman–Crippen MR) is 84.0 cm³/mol. The van der Waals surface area contributed by atoms with Gasteiger partial charge in [0.15, 0.2) is 0 Å². The van der Waals surface area contributed by atoms with Crippen LogP contribution < -0.4 is 5.32 Å². The highest BCUT2D eigenvalue weighted by Gasteiger charge is 2.26. The fourth-order valence-corrected chi connectivity index (χ4v) is 3.27. The Morgan fingerprint density at radius 1 is 1.40 bits per heavy atom. The Morgan fingerprint density at radius 3 is 2.85 bits per heavy atom. The molecule has 0 aliphatic carbocycles. The Hall–Kier alpha value is -1.36. The van der Waals surface area contributed by atoms with E-state index in [1.807, 2.05) is 12.4 Å². The van der Waals surface area contributed by atoms with Crippen LogP contribution in [-0.4, -0.2) is 21.3 Å². The second-order valence-electron chi connectivity index (χ2n) is 5.66. The number of anilines is 1. The number of rotatable bonds is 3. The van der Waals surface area contributed by atoms with E-state index >= 15 is 0 Å². The molecule has 1 unspecified atom stereocenters. The van der Waals surface area contributed by atoms with Crippen LogP contribution in [0.1, 0.15) is 37.6 Å². The van der Waals surface area contributed by atoms with Crippen molar-refractivity contribution in [2.24, 2.45) is 5.92 Å². The molecule has 1 aliphatic heterocycles. The molecule has 106 valence electrons. The zero-order valence-corrected chi connectivity index (χ0v) is 13.4. The van der Waals surface area contributed by atoms with Crippen LogP contribution in [0, 0.1) is 5.92 Å². The van der Waals surface area contributed by atoms with Crippen LogP contribution in [0.2, 0.25) is 0 Å². The van der Waals surface area contributed by atoms with Gasteiger partial charge in [0.2, 0.25) is 0 Å². The van der Waals surface area contributed by atoms with E-state index in [1.165, 1.54) is 5.56 Å². The molecule has 0 aromatic carbocycles. The van der Waals surface area contributed by atoms with Crippen LogP contribution in [0.25, 0.3) is 0 Å². The van der Waals surface area contributed by atoms with Crippen molar-refractivity contribution in [3.8, 4) is 0 Å². The monoisotopic (exact) mass is 334 g/mol. The SMILES string of the molecule is CC(C)Cc1nn2c(c1Br)NCCC2c1ccncc1. The van der Waals surface area contributed by atoms with E-state index in [0.717, 1.165) is 35.4 Å². The summed E-state index contributed by atoms with van der Waals surface area (Å²) in [5, 5.41) is 8.30. The zero-order chi connectivity index (χ0) is 14.1. The highest BCUT2D eigenvalue weighted by molar-refractivity contribution is 9.10. The molecule has 4 nitrogen and oxygen atoms in total. The molecule has 0 fully saturated rings. The maximum absolute atomic E-state index is 4.84. The quantitative estimate of drug-likeness (QED) is 0.931. The number of halogens is 1. The molecular formula is C15H19BrN4. The first-order valence-electron chi connectivity index (χ1n) is 7.07. The molecule has 1 aliphatic rings. The van der Waals surface area contributed by atoms with Crippen molar-refractivity contribution in [3.05, 3.63) is 40.3 Å². The second-order valence-corrected chi connectivity index (χ2v) is 6.46. The summed E-state index contributed by atoms with van der Waals surface area (Å²) in [6.45, 7) is 5.41. The van der Waals surface area contributed by atoms with Crippen LogP contribution in [0.5, 0.6) is 0 Å². The van der Waals surface area contributed by atoms with E-state index in [4.69, 9.17) is 5.10 Å². The lowest BCUT2D eigenvalue weighted by Crippen LogP contribution is -2.24. The van der Waals surface area contributed by atoms with Gasteiger partial charge in [0.05, 0.1) is 16.2 Å². The Morgan fingerprint density at radius 2 is 2.15 bits per heavy atom. The van der Waals surface area contributed by atoms with Crippen molar-refractivity contribution in [1.82, 2.24) is 14.8 Å². The largest absolute Gasteiger partial charge is 0.369 e. The van der Waals surface area contributed by atoms with E-state index < -0.39 is 0 Å². The summed E-state index contributed by atoms with van der Waals surface area (Å²) >= 11 is 3.71. The molecule has 0 saturated heterocycles. The minimum absolute atomic E-state index is 0.298. The smallest absolute Gasteiger partial charge is 0.139 e. The number of hydrogen-bond acceptors (Lipinski definition) is 3. The average molecular weight is 335 g/mol. The molecule has 0 spiro atoms. The second kappa shape index (κ2) is 5.56. The lowest BCUT2D eigenvalue weighted by molar-refractivity contribution is 0.474. The van der Waals surface area contributed by atoms with Gasteiger partial charge in [-0.3, -0.25) is 4.98 Å². The lowest BCUT2D eigenvalue weighted by atomic mass is 10.0. The van der Waals surface area contributed by atoms with Gasteiger partial charge >= 0.3 is 0 Å². The van der Waals surface area contributed by atoms with Crippen LogP contribution in [0.4, 0.5) is 5.82 Å². The molecule has 0 amide bonds. The van der Waals surface area contributed by atoms with Crippen LogP contribution in [0.15, 0.2) is 29.0 Å². The van der Waals surface area contributed by atoms with Crippen molar-refractivity contribution in [1.29, 1.82) is 0 Å². The van der Waals surface area contributed by atoms with Crippen LogP contribution in [0.3, 0.4) is 0 Å². The molecule has 2 aromatic rings. The maximum atomic E-state index is 4.84. The lowest BCUT2D eigenvalue weighted by Gasteiger charge is -2.26. The predicted octanol–water partition coefficient (Wildman–Crippen LogP) is 3.64. The van der Waals surface area contributed by atoms with E-state index in [9.17, 15) is 0 Å². The third kappa shape index (κ3) is 2.46. The summed E-state index contributed by atoms with van der Waals surface area (Å²) in [6, 6.07) is 4.46. The Bertz CT molecular complexity index is 591. The third-order valence-corrected chi connectivity index (χ3v) is 4.45. The van der Waals surface area contributed by atoms with Gasteiger partial charge in [0.25, 0.3) is 0 Å². The van der Waals surface area contributed by atoms with Crippen molar-refractivity contribution < 1.29 is 0 Å². The van der Waals surface area contributed by atoms with E-state index in [-0.39, 0.29) is 0 Å². The summed E-state index contributed by atoms with van der Waals surface area (Å²) in [5.41, 5.74) is 2.41. The van der Waals surface area contributed by atoms with Gasteiger partial charge in [-0.05, 0) is 52.4 Å². The van der Waals surface area contributed by atoms with Gasteiger partial charge in [-0.25, -0.2) is 4.68 Å². The number of nitrogens with zero attached hydrogens (tertiary/aromatic N) is 3. The molecule has 1 atom stereocenters. The topological polar surface area (TPSA) is 42.7 Å². The summed E-state index contributed by atoms with van der Waals surface area (Å²) in [4.78, 5) is 4.10. The van der Waals surface area contributed by atoms with Gasteiger partial charge in [0.1, 0.15) is 5.82 Å². The first-order valence-corrected chi connectivity index (χ1v) is 7.86. The average Bonchev–Trinajstić information content (AvgIpc) is 2.76. The first kappa shape index (κ1) is 13.6. The van der Waals surface area contributed by atoms with Crippen molar-refractivity contribution in [2.75, 3.05) is 11.9 Å². The molecule has 2 aromatic heterocycles. The molecule has 0 saturated carbocycles.